The Kier molecular flexibility index (Phi) is 8.08. The van der Waals surface area contributed by atoms with Gasteiger partial charge in [-0.05, 0) is 53.6 Å². The molecule has 0 fully saturated rings. The lowest BCUT2D eigenvalue weighted by Crippen LogP contribution is -2.09. The van der Waals surface area contributed by atoms with Crippen molar-refractivity contribution in [3.8, 4) is 11.5 Å². The Bertz CT molecular complexity index is 1340. The number of carbonyl (C=O) groups is 1. The molecule has 0 atom stereocenters. The van der Waals surface area contributed by atoms with Crippen LogP contribution >= 0.6 is 23.2 Å². The smallest absolute Gasteiger partial charge is 0.249 e. The molecule has 1 N–H and O–H groups in total. The molecule has 0 aliphatic carbocycles. The lowest BCUT2D eigenvalue weighted by Gasteiger charge is -2.11. The monoisotopic (exact) mass is 507 g/mol. The number of nitrogens with zero attached hydrogens (tertiary/aromatic N) is 2. The molecule has 0 saturated heterocycles. The largest absolute Gasteiger partial charge is 0.496 e. The van der Waals surface area contributed by atoms with Crippen LogP contribution in [0.1, 0.15) is 16.7 Å². The summed E-state index contributed by atoms with van der Waals surface area (Å²) in [6.45, 7) is 0.803. The molecule has 0 saturated carbocycles. The summed E-state index contributed by atoms with van der Waals surface area (Å²) in [6.07, 6.45) is 4.96. The number of hydrogen-bond acceptors (Lipinski definition) is 4. The van der Waals surface area contributed by atoms with E-state index >= 15 is 0 Å². The van der Waals surface area contributed by atoms with Crippen LogP contribution in [0.3, 0.4) is 0 Å². The standard InChI is InChI=1S/C27H23Cl2N3O3/c1-34-25-11-7-19(15-21(25)18-35-23-5-3-2-4-6-23)8-12-27(33)30-26-13-14-32(31-26)17-20-9-10-22(28)16-24(20)29/h2-16H,17-18H2,1H3,(H,30,31,33)/b12-8+. The molecule has 35 heavy (non-hydrogen) atoms. The molecular weight excluding hydrogens is 485 g/mol. The number of nitrogens with one attached hydrogen (secondary N) is 1. The first-order chi connectivity index (χ1) is 17.0. The number of methoxy groups -OCH3 is 1. The van der Waals surface area contributed by atoms with Gasteiger partial charge < -0.3 is 14.8 Å². The van der Waals surface area contributed by atoms with E-state index in [4.69, 9.17) is 32.7 Å². The predicted molar refractivity (Wildman–Crippen MR) is 139 cm³/mol. The van der Waals surface area contributed by atoms with Crippen LogP contribution < -0.4 is 14.8 Å². The van der Waals surface area contributed by atoms with Crippen LogP contribution in [0.4, 0.5) is 5.82 Å². The van der Waals surface area contributed by atoms with E-state index in [1.165, 1.54) is 6.08 Å². The van der Waals surface area contributed by atoms with Gasteiger partial charge >= 0.3 is 0 Å². The second-order valence-corrected chi connectivity index (χ2v) is 8.47. The quantitative estimate of drug-likeness (QED) is 0.263. The van der Waals surface area contributed by atoms with Gasteiger partial charge in [-0.25, -0.2) is 0 Å². The third kappa shape index (κ3) is 6.88. The van der Waals surface area contributed by atoms with E-state index in [-0.39, 0.29) is 5.91 Å². The highest BCUT2D eigenvalue weighted by molar-refractivity contribution is 6.35. The van der Waals surface area contributed by atoms with Crippen molar-refractivity contribution in [1.82, 2.24) is 9.78 Å². The average molecular weight is 508 g/mol. The van der Waals surface area contributed by atoms with E-state index in [1.54, 1.807) is 42.3 Å². The molecule has 0 unspecified atom stereocenters. The van der Waals surface area contributed by atoms with Crippen LogP contribution in [0.5, 0.6) is 11.5 Å². The third-order valence-corrected chi connectivity index (χ3v) is 5.70. The molecule has 0 aliphatic rings. The Hall–Kier alpha value is -3.74. The first-order valence-electron chi connectivity index (χ1n) is 10.8. The fourth-order valence-electron chi connectivity index (χ4n) is 3.37. The summed E-state index contributed by atoms with van der Waals surface area (Å²) in [5.74, 6) is 1.63. The van der Waals surface area contributed by atoms with Crippen molar-refractivity contribution in [3.05, 3.63) is 112 Å². The first kappa shape index (κ1) is 24.4. The Balaban J connectivity index is 1.37. The van der Waals surface area contributed by atoms with Crippen LogP contribution in [0.25, 0.3) is 6.08 Å². The summed E-state index contributed by atoms with van der Waals surface area (Å²) in [7, 11) is 1.62. The molecule has 4 rings (SSSR count). The number of ether oxygens (including phenoxy) is 2. The summed E-state index contributed by atoms with van der Waals surface area (Å²) in [4.78, 5) is 12.4. The van der Waals surface area contributed by atoms with Gasteiger partial charge in [-0.3, -0.25) is 9.48 Å². The lowest BCUT2D eigenvalue weighted by molar-refractivity contribution is -0.111. The van der Waals surface area contributed by atoms with E-state index in [0.29, 0.717) is 34.8 Å². The molecule has 0 spiro atoms. The van der Waals surface area contributed by atoms with E-state index in [2.05, 4.69) is 10.4 Å². The Morgan fingerprint density at radius 2 is 1.86 bits per heavy atom. The summed E-state index contributed by atoms with van der Waals surface area (Å²) < 4.78 is 13.0. The Morgan fingerprint density at radius 3 is 2.63 bits per heavy atom. The maximum Gasteiger partial charge on any atom is 0.249 e. The average Bonchev–Trinajstić information content (AvgIpc) is 3.30. The zero-order valence-electron chi connectivity index (χ0n) is 18.9. The molecule has 8 heteroatoms. The molecule has 4 aromatic rings. The molecule has 0 radical (unpaired) electrons. The van der Waals surface area contributed by atoms with Gasteiger partial charge in [-0.1, -0.05) is 53.5 Å². The van der Waals surface area contributed by atoms with Gasteiger partial charge in [0.15, 0.2) is 5.82 Å². The second kappa shape index (κ2) is 11.6. The molecule has 0 aliphatic heterocycles. The highest BCUT2D eigenvalue weighted by atomic mass is 35.5. The van der Waals surface area contributed by atoms with Crippen molar-refractivity contribution in [2.45, 2.75) is 13.2 Å². The zero-order valence-corrected chi connectivity index (χ0v) is 20.5. The van der Waals surface area contributed by atoms with E-state index in [9.17, 15) is 4.79 Å². The minimum absolute atomic E-state index is 0.294. The van der Waals surface area contributed by atoms with Crippen molar-refractivity contribution < 1.29 is 14.3 Å². The number of halogens is 2. The Labute approximate surface area is 213 Å². The number of carbonyl (C=O) groups excluding carboxylic acids is 1. The topological polar surface area (TPSA) is 65.4 Å². The summed E-state index contributed by atoms with van der Waals surface area (Å²) in [6, 6.07) is 22.2. The van der Waals surface area contributed by atoms with Crippen LogP contribution in [0.15, 0.2) is 85.1 Å². The SMILES string of the molecule is COc1ccc(/C=C/C(=O)Nc2ccn(Cc3ccc(Cl)cc3Cl)n2)cc1COc1ccccc1. The molecule has 3 aromatic carbocycles. The Morgan fingerprint density at radius 1 is 1.03 bits per heavy atom. The summed E-state index contributed by atoms with van der Waals surface area (Å²) in [5, 5.41) is 8.28. The van der Waals surface area contributed by atoms with Crippen molar-refractivity contribution in [1.29, 1.82) is 0 Å². The third-order valence-electron chi connectivity index (χ3n) is 5.11. The van der Waals surface area contributed by atoms with Gasteiger partial charge in [0.1, 0.15) is 18.1 Å². The molecule has 0 bridgehead atoms. The number of rotatable bonds is 9. The number of aromatic nitrogens is 2. The maximum absolute atomic E-state index is 12.4. The van der Waals surface area contributed by atoms with Crippen LogP contribution in [-0.2, 0) is 17.9 Å². The molecule has 6 nitrogen and oxygen atoms in total. The van der Waals surface area contributed by atoms with E-state index in [1.807, 2.05) is 54.6 Å². The van der Waals surface area contributed by atoms with Gasteiger partial charge in [0.25, 0.3) is 0 Å². The van der Waals surface area contributed by atoms with Gasteiger partial charge in [-0.2, -0.15) is 5.10 Å². The number of para-hydroxylation sites is 1. The minimum Gasteiger partial charge on any atom is -0.496 e. The zero-order chi connectivity index (χ0) is 24.6. The molecule has 178 valence electrons. The van der Waals surface area contributed by atoms with Crippen molar-refractivity contribution in [2.24, 2.45) is 0 Å². The van der Waals surface area contributed by atoms with Crippen LogP contribution in [0, 0.1) is 0 Å². The van der Waals surface area contributed by atoms with Gasteiger partial charge in [-0.15, -0.1) is 0 Å². The first-order valence-corrected chi connectivity index (χ1v) is 11.6. The van der Waals surface area contributed by atoms with Gasteiger partial charge in [0, 0.05) is 33.9 Å². The van der Waals surface area contributed by atoms with Crippen molar-refractivity contribution in [2.75, 3.05) is 12.4 Å². The predicted octanol–water partition coefficient (Wildman–Crippen LogP) is 6.48. The highest BCUT2D eigenvalue weighted by Crippen LogP contribution is 2.24. The lowest BCUT2D eigenvalue weighted by atomic mass is 10.1. The van der Waals surface area contributed by atoms with Crippen molar-refractivity contribution in [3.63, 3.8) is 0 Å². The molecule has 1 heterocycles. The van der Waals surface area contributed by atoms with Crippen molar-refractivity contribution >= 4 is 41.0 Å². The van der Waals surface area contributed by atoms with Gasteiger partial charge in [0.2, 0.25) is 5.91 Å². The highest BCUT2D eigenvalue weighted by Gasteiger charge is 2.08. The van der Waals surface area contributed by atoms with E-state index in [0.717, 1.165) is 22.4 Å². The number of amides is 1. The fourth-order valence-corrected chi connectivity index (χ4v) is 3.84. The molecule has 1 amide bonds. The summed E-state index contributed by atoms with van der Waals surface area (Å²) >= 11 is 12.2. The number of benzene rings is 3. The number of anilines is 1. The minimum atomic E-state index is -0.294. The number of hydrogen-bond donors (Lipinski definition) is 1. The molecular formula is C27H23Cl2N3O3. The fraction of sp³-hybridized carbons (Fsp3) is 0.111. The van der Waals surface area contributed by atoms with Gasteiger partial charge in [0.05, 0.1) is 13.7 Å². The van der Waals surface area contributed by atoms with Crippen LogP contribution in [-0.4, -0.2) is 22.8 Å². The van der Waals surface area contributed by atoms with Crippen LogP contribution in [0.2, 0.25) is 10.0 Å². The second-order valence-electron chi connectivity index (χ2n) is 7.63. The summed E-state index contributed by atoms with van der Waals surface area (Å²) in [5.41, 5.74) is 2.59. The molecule has 1 aromatic heterocycles. The normalized spacial score (nSPS) is 10.9. The maximum atomic E-state index is 12.4. The van der Waals surface area contributed by atoms with E-state index < -0.39 is 0 Å².